The van der Waals surface area contributed by atoms with Crippen LogP contribution in [0.2, 0.25) is 0 Å². The second kappa shape index (κ2) is 7.89. The van der Waals surface area contributed by atoms with E-state index in [-0.39, 0.29) is 17.9 Å². The molecule has 0 spiro atoms. The molecule has 1 unspecified atom stereocenters. The third-order valence-corrected chi connectivity index (χ3v) is 3.89. The highest BCUT2D eigenvalue weighted by molar-refractivity contribution is 5.92. The molecule has 1 atom stereocenters. The third-order valence-electron chi connectivity index (χ3n) is 3.89. The lowest BCUT2D eigenvalue weighted by molar-refractivity contribution is -0.133. The van der Waals surface area contributed by atoms with Crippen LogP contribution in [0.15, 0.2) is 24.4 Å². The van der Waals surface area contributed by atoms with Crippen molar-refractivity contribution in [3.05, 3.63) is 30.1 Å². The van der Waals surface area contributed by atoms with E-state index in [9.17, 15) is 9.59 Å². The molecule has 120 valence electrons. The van der Waals surface area contributed by atoms with Gasteiger partial charge in [-0.25, -0.2) is 0 Å². The van der Waals surface area contributed by atoms with Crippen LogP contribution in [0.5, 0.6) is 0 Å². The highest BCUT2D eigenvalue weighted by Crippen LogP contribution is 2.18. The highest BCUT2D eigenvalue weighted by atomic mass is 16.2. The SMILES string of the molecule is CN(C)C(=O)C1CCCN1CCCNC(=O)c1ccccn1. The van der Waals surface area contributed by atoms with Crippen LogP contribution in [0, 0.1) is 0 Å². The first-order chi connectivity index (χ1) is 10.6. The molecule has 0 saturated carbocycles. The zero-order valence-electron chi connectivity index (χ0n) is 13.3. The normalized spacial score (nSPS) is 18.2. The standard InChI is InChI=1S/C16H24N4O2/c1-19(2)16(22)14-8-5-11-20(14)12-6-10-18-15(21)13-7-3-4-9-17-13/h3-4,7,9,14H,5-6,8,10-12H2,1-2H3,(H,18,21). The first kappa shape index (κ1) is 16.4. The van der Waals surface area contributed by atoms with Crippen LogP contribution in [-0.2, 0) is 4.79 Å². The van der Waals surface area contributed by atoms with Crippen molar-refractivity contribution in [2.24, 2.45) is 0 Å². The summed E-state index contributed by atoms with van der Waals surface area (Å²) in [5.74, 6) is 0.0259. The molecule has 1 fully saturated rings. The molecule has 2 heterocycles. The first-order valence-electron chi connectivity index (χ1n) is 7.74. The second-order valence-electron chi connectivity index (χ2n) is 5.75. The van der Waals surface area contributed by atoms with Crippen LogP contribution >= 0.6 is 0 Å². The number of amides is 2. The van der Waals surface area contributed by atoms with Crippen molar-refractivity contribution in [3.63, 3.8) is 0 Å². The predicted molar refractivity (Wildman–Crippen MR) is 84.5 cm³/mol. The molecule has 2 rings (SSSR count). The fraction of sp³-hybridized carbons (Fsp3) is 0.562. The summed E-state index contributed by atoms with van der Waals surface area (Å²) in [4.78, 5) is 31.8. The fourth-order valence-corrected chi connectivity index (χ4v) is 2.74. The molecule has 1 saturated heterocycles. The van der Waals surface area contributed by atoms with Crippen LogP contribution in [0.4, 0.5) is 0 Å². The quantitative estimate of drug-likeness (QED) is 0.788. The number of nitrogens with zero attached hydrogens (tertiary/aromatic N) is 3. The van der Waals surface area contributed by atoms with Gasteiger partial charge in [-0.15, -0.1) is 0 Å². The Morgan fingerprint density at radius 1 is 1.41 bits per heavy atom. The zero-order chi connectivity index (χ0) is 15.9. The number of nitrogens with one attached hydrogen (secondary N) is 1. The molecule has 6 nitrogen and oxygen atoms in total. The molecular formula is C16H24N4O2. The summed E-state index contributed by atoms with van der Waals surface area (Å²) in [5.41, 5.74) is 0.435. The Morgan fingerprint density at radius 2 is 2.23 bits per heavy atom. The predicted octanol–water partition coefficient (Wildman–Crippen LogP) is 0.754. The van der Waals surface area contributed by atoms with Crippen molar-refractivity contribution in [1.82, 2.24) is 20.1 Å². The minimum Gasteiger partial charge on any atom is -0.351 e. The van der Waals surface area contributed by atoms with Gasteiger partial charge < -0.3 is 10.2 Å². The minimum atomic E-state index is -0.150. The molecule has 0 aliphatic carbocycles. The summed E-state index contributed by atoms with van der Waals surface area (Å²) in [6.07, 6.45) is 4.42. The number of likely N-dealkylation sites (tertiary alicyclic amines) is 1. The maximum Gasteiger partial charge on any atom is 0.269 e. The lowest BCUT2D eigenvalue weighted by atomic mass is 10.2. The van der Waals surface area contributed by atoms with Crippen molar-refractivity contribution in [1.29, 1.82) is 0 Å². The largest absolute Gasteiger partial charge is 0.351 e. The smallest absolute Gasteiger partial charge is 0.269 e. The molecule has 2 amide bonds. The van der Waals surface area contributed by atoms with Crippen LogP contribution in [-0.4, -0.2) is 66.4 Å². The summed E-state index contributed by atoms with van der Waals surface area (Å²) in [7, 11) is 3.60. The Morgan fingerprint density at radius 3 is 2.91 bits per heavy atom. The average Bonchev–Trinajstić information content (AvgIpc) is 2.99. The Kier molecular flexibility index (Phi) is 5.89. The van der Waals surface area contributed by atoms with E-state index in [0.717, 1.165) is 32.4 Å². The van der Waals surface area contributed by atoms with Gasteiger partial charge in [0.2, 0.25) is 5.91 Å². The number of rotatable bonds is 6. The summed E-state index contributed by atoms with van der Waals surface area (Å²) in [6, 6.07) is 5.28. The number of hydrogen-bond acceptors (Lipinski definition) is 4. The average molecular weight is 304 g/mol. The lowest BCUT2D eigenvalue weighted by Crippen LogP contribution is -2.43. The molecule has 22 heavy (non-hydrogen) atoms. The number of carbonyl (C=O) groups excluding carboxylic acids is 2. The van der Waals surface area contributed by atoms with E-state index in [0.29, 0.717) is 12.2 Å². The van der Waals surface area contributed by atoms with E-state index in [1.807, 2.05) is 0 Å². The number of likely N-dealkylation sites (N-methyl/N-ethyl adjacent to an activating group) is 1. The summed E-state index contributed by atoms with van der Waals surface area (Å²) in [5, 5.41) is 2.87. The monoisotopic (exact) mass is 304 g/mol. The summed E-state index contributed by atoms with van der Waals surface area (Å²) < 4.78 is 0. The van der Waals surface area contributed by atoms with Gasteiger partial charge in [-0.05, 0) is 37.9 Å². The van der Waals surface area contributed by atoms with Crippen LogP contribution in [0.1, 0.15) is 29.8 Å². The van der Waals surface area contributed by atoms with Gasteiger partial charge in [0.15, 0.2) is 0 Å². The summed E-state index contributed by atoms with van der Waals surface area (Å²) >= 11 is 0. The molecule has 1 aliphatic heterocycles. The molecule has 1 aliphatic rings. The number of aromatic nitrogens is 1. The van der Waals surface area contributed by atoms with Gasteiger partial charge in [0, 0.05) is 33.4 Å². The van der Waals surface area contributed by atoms with E-state index in [2.05, 4.69) is 15.2 Å². The van der Waals surface area contributed by atoms with Crippen LogP contribution in [0.25, 0.3) is 0 Å². The van der Waals surface area contributed by atoms with E-state index in [1.165, 1.54) is 0 Å². The van der Waals surface area contributed by atoms with Gasteiger partial charge in [0.25, 0.3) is 5.91 Å². The van der Waals surface area contributed by atoms with Gasteiger partial charge in [-0.3, -0.25) is 19.5 Å². The molecule has 0 aromatic carbocycles. The van der Waals surface area contributed by atoms with Gasteiger partial charge in [0.05, 0.1) is 6.04 Å². The lowest BCUT2D eigenvalue weighted by Gasteiger charge is -2.26. The molecule has 1 N–H and O–H groups in total. The van der Waals surface area contributed by atoms with Crippen LogP contribution in [0.3, 0.4) is 0 Å². The van der Waals surface area contributed by atoms with E-state index >= 15 is 0 Å². The molecule has 1 aromatic rings. The van der Waals surface area contributed by atoms with Gasteiger partial charge in [-0.2, -0.15) is 0 Å². The first-order valence-corrected chi connectivity index (χ1v) is 7.74. The maximum absolute atomic E-state index is 12.1. The highest BCUT2D eigenvalue weighted by Gasteiger charge is 2.30. The second-order valence-corrected chi connectivity index (χ2v) is 5.75. The molecular weight excluding hydrogens is 280 g/mol. The van der Waals surface area contributed by atoms with Gasteiger partial charge in [-0.1, -0.05) is 6.07 Å². The van der Waals surface area contributed by atoms with Crippen molar-refractivity contribution in [2.75, 3.05) is 33.7 Å². The van der Waals surface area contributed by atoms with Crippen molar-refractivity contribution in [3.8, 4) is 0 Å². The Hall–Kier alpha value is -1.95. The molecule has 1 aromatic heterocycles. The fourth-order valence-electron chi connectivity index (χ4n) is 2.74. The maximum atomic E-state index is 12.1. The van der Waals surface area contributed by atoms with Crippen molar-refractivity contribution >= 4 is 11.8 Å². The Balaban J connectivity index is 1.72. The van der Waals surface area contributed by atoms with Crippen molar-refractivity contribution in [2.45, 2.75) is 25.3 Å². The van der Waals surface area contributed by atoms with Crippen LogP contribution < -0.4 is 5.32 Å². The Bertz CT molecular complexity index is 504. The van der Waals surface area contributed by atoms with Gasteiger partial charge >= 0.3 is 0 Å². The number of pyridine rings is 1. The Labute approximate surface area is 131 Å². The zero-order valence-corrected chi connectivity index (χ0v) is 13.3. The molecule has 6 heteroatoms. The van der Waals surface area contributed by atoms with E-state index < -0.39 is 0 Å². The third kappa shape index (κ3) is 4.27. The topological polar surface area (TPSA) is 65.5 Å². The minimum absolute atomic E-state index is 0.00138. The number of carbonyl (C=O) groups is 2. The van der Waals surface area contributed by atoms with Crippen molar-refractivity contribution < 1.29 is 9.59 Å². The molecule has 0 radical (unpaired) electrons. The van der Waals surface area contributed by atoms with E-state index in [1.54, 1.807) is 43.4 Å². The molecule has 0 bridgehead atoms. The number of hydrogen-bond donors (Lipinski definition) is 1. The van der Waals surface area contributed by atoms with Gasteiger partial charge in [0.1, 0.15) is 5.69 Å². The van der Waals surface area contributed by atoms with E-state index in [4.69, 9.17) is 0 Å². The summed E-state index contributed by atoms with van der Waals surface area (Å²) in [6.45, 7) is 2.37.